The van der Waals surface area contributed by atoms with Crippen molar-refractivity contribution in [3.05, 3.63) is 54.4 Å². The zero-order valence-electron chi connectivity index (χ0n) is 12.2. The van der Waals surface area contributed by atoms with E-state index >= 15 is 0 Å². The molecule has 0 atom stereocenters. The molecule has 1 N–H and O–H groups in total. The van der Waals surface area contributed by atoms with Gasteiger partial charge in [-0.05, 0) is 43.2 Å². The summed E-state index contributed by atoms with van der Waals surface area (Å²) in [6.07, 6.45) is 4.92. The number of piperidine rings is 1. The predicted octanol–water partition coefficient (Wildman–Crippen LogP) is 2.41. The second-order valence-corrected chi connectivity index (χ2v) is 5.55. The van der Waals surface area contributed by atoms with Crippen molar-refractivity contribution < 1.29 is 14.7 Å². The number of likely N-dealkylation sites (tertiary alicyclic amines) is 1. The third-order valence-electron chi connectivity index (χ3n) is 4.13. The second kappa shape index (κ2) is 6.05. The summed E-state index contributed by atoms with van der Waals surface area (Å²) in [7, 11) is 0. The molecule has 0 aliphatic carbocycles. The Balaban J connectivity index is 1.73. The van der Waals surface area contributed by atoms with Gasteiger partial charge in [-0.15, -0.1) is 0 Å². The van der Waals surface area contributed by atoms with Crippen molar-refractivity contribution in [2.75, 3.05) is 13.1 Å². The summed E-state index contributed by atoms with van der Waals surface area (Å²) in [6.45, 7) is 1.01. The molecule has 1 aromatic carbocycles. The average Bonchev–Trinajstić information content (AvgIpc) is 3.09. The van der Waals surface area contributed by atoms with Crippen LogP contribution in [0.25, 0.3) is 5.69 Å². The van der Waals surface area contributed by atoms with Gasteiger partial charge in [-0.1, -0.05) is 6.07 Å². The number of hydrogen-bond donors (Lipinski definition) is 1. The van der Waals surface area contributed by atoms with Crippen LogP contribution in [0, 0.1) is 5.92 Å². The molecule has 5 heteroatoms. The quantitative estimate of drug-likeness (QED) is 0.946. The molecule has 3 rings (SSSR count). The maximum atomic E-state index is 12.6. The van der Waals surface area contributed by atoms with Crippen LogP contribution in [0.4, 0.5) is 0 Å². The molecule has 0 radical (unpaired) electrons. The summed E-state index contributed by atoms with van der Waals surface area (Å²) >= 11 is 0. The minimum atomic E-state index is -0.762. The predicted molar refractivity (Wildman–Crippen MR) is 82.0 cm³/mol. The number of aliphatic carboxylic acids is 1. The molecular formula is C17H18N2O3. The van der Waals surface area contributed by atoms with Crippen molar-refractivity contribution in [2.45, 2.75) is 12.8 Å². The first-order valence-corrected chi connectivity index (χ1v) is 7.40. The summed E-state index contributed by atoms with van der Waals surface area (Å²) in [5.74, 6) is -1.12. The van der Waals surface area contributed by atoms with Crippen LogP contribution >= 0.6 is 0 Å². The normalized spacial score (nSPS) is 15.7. The van der Waals surface area contributed by atoms with Crippen molar-refractivity contribution >= 4 is 11.9 Å². The van der Waals surface area contributed by atoms with Crippen LogP contribution in [-0.2, 0) is 4.79 Å². The molecule has 1 amide bonds. The largest absolute Gasteiger partial charge is 0.481 e. The number of amides is 1. The summed E-state index contributed by atoms with van der Waals surface area (Å²) in [6, 6.07) is 11.4. The van der Waals surface area contributed by atoms with E-state index in [0.717, 1.165) is 5.69 Å². The lowest BCUT2D eigenvalue weighted by molar-refractivity contribution is -0.143. The van der Waals surface area contributed by atoms with E-state index in [-0.39, 0.29) is 11.8 Å². The number of carboxylic acid groups (broad SMARTS) is 1. The number of carboxylic acids is 1. The summed E-state index contributed by atoms with van der Waals surface area (Å²) in [5, 5.41) is 9.02. The summed E-state index contributed by atoms with van der Waals surface area (Å²) in [4.78, 5) is 25.3. The third kappa shape index (κ3) is 2.88. The molecular weight excluding hydrogens is 280 g/mol. The molecule has 5 nitrogen and oxygen atoms in total. The molecule has 1 fully saturated rings. The Morgan fingerprint density at radius 1 is 1.05 bits per heavy atom. The molecule has 0 spiro atoms. The van der Waals surface area contributed by atoms with Gasteiger partial charge in [0.1, 0.15) is 0 Å². The van der Waals surface area contributed by atoms with E-state index < -0.39 is 5.97 Å². The van der Waals surface area contributed by atoms with Gasteiger partial charge >= 0.3 is 5.97 Å². The Hall–Kier alpha value is -2.56. The van der Waals surface area contributed by atoms with Gasteiger partial charge < -0.3 is 14.6 Å². The van der Waals surface area contributed by atoms with Crippen LogP contribution in [0.5, 0.6) is 0 Å². The van der Waals surface area contributed by atoms with Crippen LogP contribution in [0.1, 0.15) is 23.2 Å². The topological polar surface area (TPSA) is 62.5 Å². The van der Waals surface area contributed by atoms with Crippen LogP contribution in [0.15, 0.2) is 48.8 Å². The van der Waals surface area contributed by atoms with E-state index in [1.807, 2.05) is 47.3 Å². The molecule has 1 saturated heterocycles. The number of carbonyl (C=O) groups excluding carboxylic acids is 1. The van der Waals surface area contributed by atoms with Gasteiger partial charge in [0.25, 0.3) is 5.91 Å². The highest BCUT2D eigenvalue weighted by molar-refractivity contribution is 5.95. The fourth-order valence-electron chi connectivity index (χ4n) is 2.82. The third-order valence-corrected chi connectivity index (χ3v) is 4.13. The molecule has 114 valence electrons. The van der Waals surface area contributed by atoms with Gasteiger partial charge in [0.2, 0.25) is 0 Å². The first-order valence-electron chi connectivity index (χ1n) is 7.40. The van der Waals surface area contributed by atoms with Gasteiger partial charge in [0.05, 0.1) is 5.92 Å². The van der Waals surface area contributed by atoms with Crippen LogP contribution in [0.3, 0.4) is 0 Å². The lowest BCUT2D eigenvalue weighted by Crippen LogP contribution is -2.40. The van der Waals surface area contributed by atoms with E-state index in [1.165, 1.54) is 0 Å². The Kier molecular flexibility index (Phi) is 3.96. The molecule has 22 heavy (non-hydrogen) atoms. The lowest BCUT2D eigenvalue weighted by Gasteiger charge is -2.30. The fraction of sp³-hybridized carbons (Fsp3) is 0.294. The van der Waals surface area contributed by atoms with E-state index in [0.29, 0.717) is 31.5 Å². The van der Waals surface area contributed by atoms with Crippen LogP contribution < -0.4 is 0 Å². The number of rotatable bonds is 3. The standard InChI is InChI=1S/C17H18N2O3/c20-16(19-10-6-13(7-11-19)17(21)22)14-4-3-5-15(12-14)18-8-1-2-9-18/h1-5,8-9,12-13H,6-7,10-11H2,(H,21,22). The molecule has 0 unspecified atom stereocenters. The van der Waals surface area contributed by atoms with Gasteiger partial charge in [0.15, 0.2) is 0 Å². The fourth-order valence-corrected chi connectivity index (χ4v) is 2.82. The first-order chi connectivity index (χ1) is 10.6. The smallest absolute Gasteiger partial charge is 0.306 e. The van der Waals surface area contributed by atoms with Crippen molar-refractivity contribution in [3.8, 4) is 5.69 Å². The highest BCUT2D eigenvalue weighted by atomic mass is 16.4. The number of carbonyl (C=O) groups is 2. The maximum absolute atomic E-state index is 12.6. The minimum Gasteiger partial charge on any atom is -0.481 e. The highest BCUT2D eigenvalue weighted by Crippen LogP contribution is 2.20. The highest BCUT2D eigenvalue weighted by Gasteiger charge is 2.27. The Morgan fingerprint density at radius 3 is 2.36 bits per heavy atom. The van der Waals surface area contributed by atoms with E-state index in [9.17, 15) is 9.59 Å². The van der Waals surface area contributed by atoms with E-state index in [4.69, 9.17) is 5.11 Å². The van der Waals surface area contributed by atoms with Crippen molar-refractivity contribution in [2.24, 2.45) is 5.92 Å². The molecule has 0 bridgehead atoms. The van der Waals surface area contributed by atoms with Crippen LogP contribution in [0.2, 0.25) is 0 Å². The molecule has 0 saturated carbocycles. The van der Waals surface area contributed by atoms with Gasteiger partial charge in [-0.25, -0.2) is 0 Å². The van der Waals surface area contributed by atoms with E-state index in [1.54, 1.807) is 11.0 Å². The van der Waals surface area contributed by atoms with E-state index in [2.05, 4.69) is 0 Å². The van der Waals surface area contributed by atoms with Gasteiger partial charge in [0, 0.05) is 36.7 Å². The average molecular weight is 298 g/mol. The minimum absolute atomic E-state index is 0.0298. The first kappa shape index (κ1) is 14.4. The monoisotopic (exact) mass is 298 g/mol. The summed E-state index contributed by atoms with van der Waals surface area (Å²) < 4.78 is 1.95. The summed E-state index contributed by atoms with van der Waals surface area (Å²) in [5.41, 5.74) is 1.58. The molecule has 1 aliphatic heterocycles. The van der Waals surface area contributed by atoms with Crippen molar-refractivity contribution in [1.82, 2.24) is 9.47 Å². The molecule has 1 aliphatic rings. The SMILES string of the molecule is O=C(O)C1CCN(C(=O)c2cccc(-n3cccc3)c2)CC1. The number of aromatic nitrogens is 1. The number of nitrogens with zero attached hydrogens (tertiary/aromatic N) is 2. The lowest BCUT2D eigenvalue weighted by atomic mass is 9.96. The van der Waals surface area contributed by atoms with Crippen LogP contribution in [-0.4, -0.2) is 39.5 Å². The van der Waals surface area contributed by atoms with Crippen molar-refractivity contribution in [3.63, 3.8) is 0 Å². The zero-order chi connectivity index (χ0) is 15.5. The van der Waals surface area contributed by atoms with Gasteiger partial charge in [-0.2, -0.15) is 0 Å². The van der Waals surface area contributed by atoms with Crippen molar-refractivity contribution in [1.29, 1.82) is 0 Å². The Bertz CT molecular complexity index is 671. The Morgan fingerprint density at radius 2 is 1.73 bits per heavy atom. The molecule has 2 aromatic rings. The van der Waals surface area contributed by atoms with Gasteiger partial charge in [-0.3, -0.25) is 9.59 Å². The second-order valence-electron chi connectivity index (χ2n) is 5.55. The number of hydrogen-bond acceptors (Lipinski definition) is 2. The Labute approximate surface area is 128 Å². The number of benzene rings is 1. The maximum Gasteiger partial charge on any atom is 0.306 e. The molecule has 1 aromatic heterocycles. The zero-order valence-corrected chi connectivity index (χ0v) is 12.2. The molecule has 2 heterocycles.